The fraction of sp³-hybridized carbons (Fsp3) is 0.647. The van der Waals surface area contributed by atoms with Crippen LogP contribution in [0.15, 0.2) is 60.8 Å². The summed E-state index contributed by atoms with van der Waals surface area (Å²) in [6.45, 7) is 5.27. The number of carboxylic acids is 1. The average molecular weight is 680 g/mol. The second-order valence-electron chi connectivity index (χ2n) is 13.0. The number of aliphatic hydroxyl groups excluding tert-OH is 4. The molecule has 4 heterocycles. The van der Waals surface area contributed by atoms with Crippen LogP contribution in [0.5, 0.6) is 0 Å². The van der Waals surface area contributed by atoms with E-state index in [-0.39, 0.29) is 25.2 Å². The van der Waals surface area contributed by atoms with Crippen LogP contribution in [0.1, 0.15) is 46.5 Å². The number of rotatable bonds is 3. The van der Waals surface area contributed by atoms with Gasteiger partial charge in [0.15, 0.2) is 12.1 Å². The standard InChI is InChI=1S/C34H49NO13/c1-18-10-8-6-4-5-7-9-11-22(46-33-31(40)29(35)30(39)20(3)45-33)15-26-28(32(41)42)23(37)17-34(43,48-26)16-21(36)14-25-24(47-25)12-13-27(38)44-19(18)2/h4-13,18-26,28-31,33,36-37,39-40,43H,14-17,35H2,1-3H3,(H,41,42)/b6-4+,7-5+,10-8+,11-9+,13-12+/t18-,19-,20+,21+,22+,23+,24-,25+,26+,28-,29-,30+,31-,33-,34-/m0/s1. The number of aliphatic carboxylic acids is 1. The van der Waals surface area contributed by atoms with Gasteiger partial charge in [-0.3, -0.25) is 4.79 Å². The van der Waals surface area contributed by atoms with E-state index in [0.29, 0.717) is 0 Å². The van der Waals surface area contributed by atoms with Gasteiger partial charge in [0, 0.05) is 37.7 Å². The predicted octanol–water partition coefficient (Wildman–Crippen LogP) is 0.366. The molecular weight excluding hydrogens is 630 g/mol. The van der Waals surface area contributed by atoms with Crippen molar-refractivity contribution in [3.63, 3.8) is 0 Å². The molecule has 0 aromatic rings. The number of esters is 1. The van der Waals surface area contributed by atoms with E-state index in [4.69, 9.17) is 29.4 Å². The van der Waals surface area contributed by atoms with Crippen molar-refractivity contribution in [3.8, 4) is 0 Å². The Hall–Kier alpha value is -2.76. The third-order valence-electron chi connectivity index (χ3n) is 9.11. The number of hydrogen-bond acceptors (Lipinski definition) is 13. The first kappa shape index (κ1) is 38.0. The summed E-state index contributed by atoms with van der Waals surface area (Å²) in [5, 5.41) is 64.1. The number of carboxylic acid groups (broad SMARTS) is 1. The van der Waals surface area contributed by atoms with Gasteiger partial charge in [-0.05, 0) is 19.9 Å². The maximum atomic E-state index is 12.3. The number of epoxide rings is 1. The third-order valence-corrected chi connectivity index (χ3v) is 9.11. The zero-order valence-electron chi connectivity index (χ0n) is 27.3. The normalized spacial score (nSPS) is 48.1. The third kappa shape index (κ3) is 10.4. The summed E-state index contributed by atoms with van der Waals surface area (Å²) in [5.41, 5.74) is 5.98. The molecule has 0 unspecified atom stereocenters. The summed E-state index contributed by atoms with van der Waals surface area (Å²) in [6, 6.07) is -1.08. The Morgan fingerprint density at radius 3 is 2.23 bits per heavy atom. The molecule has 48 heavy (non-hydrogen) atoms. The van der Waals surface area contributed by atoms with E-state index in [1.165, 1.54) is 6.08 Å². The average Bonchev–Trinajstić information content (AvgIpc) is 3.74. The van der Waals surface area contributed by atoms with Gasteiger partial charge in [-0.1, -0.05) is 55.5 Å². The highest BCUT2D eigenvalue weighted by molar-refractivity contribution is 5.82. The van der Waals surface area contributed by atoms with Crippen LogP contribution in [-0.2, 0) is 33.3 Å². The van der Waals surface area contributed by atoms with E-state index in [1.54, 1.807) is 56.4 Å². The first-order chi connectivity index (χ1) is 22.7. The number of ether oxygens (including phenoxy) is 5. The summed E-state index contributed by atoms with van der Waals surface area (Å²) in [7, 11) is 0. The highest BCUT2D eigenvalue weighted by Crippen LogP contribution is 2.39. The van der Waals surface area contributed by atoms with Gasteiger partial charge in [0.25, 0.3) is 0 Å². The molecule has 0 spiro atoms. The molecule has 268 valence electrons. The maximum Gasteiger partial charge on any atom is 0.330 e. The summed E-state index contributed by atoms with van der Waals surface area (Å²) >= 11 is 0. The number of nitrogens with two attached hydrogens (primary N) is 1. The molecule has 14 nitrogen and oxygen atoms in total. The number of cyclic esters (lactones) is 1. The molecule has 2 bridgehead atoms. The van der Waals surface area contributed by atoms with E-state index >= 15 is 0 Å². The SMILES string of the molecule is C[C@@H]1OC(=O)/C=C/[C@@H]2O[C@@H]2C[C@@H](O)C[C@@]2(O)C[C@@H](O)[C@H](C(=O)O)[C@@H](C[C@H](O[C@@H]3O[C@H](C)[C@@H](O)[C@H](N)[C@@H]3O)/C=C/C=C/C=C/C=C/[C@@H]1C)O2. The fourth-order valence-electron chi connectivity index (χ4n) is 6.10. The number of allylic oxidation sites excluding steroid dienone is 6. The lowest BCUT2D eigenvalue weighted by Gasteiger charge is -2.45. The number of hydrogen-bond donors (Lipinski definition) is 7. The van der Waals surface area contributed by atoms with Crippen LogP contribution in [0.25, 0.3) is 0 Å². The first-order valence-corrected chi connectivity index (χ1v) is 16.3. The van der Waals surface area contributed by atoms with Crippen LogP contribution in [0, 0.1) is 11.8 Å². The van der Waals surface area contributed by atoms with Crippen molar-refractivity contribution in [1.82, 2.24) is 0 Å². The molecule has 4 aliphatic heterocycles. The largest absolute Gasteiger partial charge is 0.481 e. The van der Waals surface area contributed by atoms with Crippen LogP contribution in [0.2, 0.25) is 0 Å². The van der Waals surface area contributed by atoms with Gasteiger partial charge < -0.3 is 60.1 Å². The van der Waals surface area contributed by atoms with Crippen molar-refractivity contribution in [2.45, 2.75) is 126 Å². The lowest BCUT2D eigenvalue weighted by molar-refractivity contribution is -0.308. The fourth-order valence-corrected chi connectivity index (χ4v) is 6.10. The molecular formula is C34H49NO13. The van der Waals surface area contributed by atoms with Crippen molar-refractivity contribution >= 4 is 11.9 Å². The van der Waals surface area contributed by atoms with E-state index in [2.05, 4.69) is 0 Å². The monoisotopic (exact) mass is 679 g/mol. The summed E-state index contributed by atoms with van der Waals surface area (Å²) < 4.78 is 28.7. The molecule has 14 heteroatoms. The van der Waals surface area contributed by atoms with Crippen LogP contribution in [-0.4, -0.2) is 122 Å². The van der Waals surface area contributed by atoms with Crippen molar-refractivity contribution in [2.24, 2.45) is 17.6 Å². The topological polar surface area (TPSA) is 231 Å². The van der Waals surface area contributed by atoms with Crippen molar-refractivity contribution < 1.29 is 63.9 Å². The van der Waals surface area contributed by atoms with E-state index in [9.17, 15) is 40.2 Å². The van der Waals surface area contributed by atoms with Gasteiger partial charge in [0.1, 0.15) is 24.2 Å². The molecule has 0 aromatic heterocycles. The zero-order valence-corrected chi connectivity index (χ0v) is 27.3. The maximum absolute atomic E-state index is 12.3. The second kappa shape index (κ2) is 16.8. The minimum Gasteiger partial charge on any atom is -0.481 e. The molecule has 15 atom stereocenters. The number of aliphatic hydroxyl groups is 5. The van der Waals surface area contributed by atoms with E-state index in [1.807, 2.05) is 19.1 Å². The Bertz CT molecular complexity index is 1250. The molecule has 0 amide bonds. The van der Waals surface area contributed by atoms with Gasteiger partial charge in [-0.25, -0.2) is 4.79 Å². The lowest BCUT2D eigenvalue weighted by Crippen LogP contribution is -2.61. The molecule has 4 aliphatic rings. The van der Waals surface area contributed by atoms with Gasteiger partial charge in [0.2, 0.25) is 0 Å². The van der Waals surface area contributed by atoms with Crippen LogP contribution in [0.4, 0.5) is 0 Å². The molecule has 0 aliphatic carbocycles. The highest BCUT2D eigenvalue weighted by Gasteiger charge is 2.51. The Morgan fingerprint density at radius 2 is 1.54 bits per heavy atom. The minimum absolute atomic E-state index is 0.0747. The molecule has 4 rings (SSSR count). The van der Waals surface area contributed by atoms with Gasteiger partial charge in [0.05, 0.1) is 48.8 Å². The quantitative estimate of drug-likeness (QED) is 0.158. The predicted molar refractivity (Wildman–Crippen MR) is 170 cm³/mol. The number of carbonyl (C=O) groups excluding carboxylic acids is 1. The minimum atomic E-state index is -2.10. The summed E-state index contributed by atoms with van der Waals surface area (Å²) in [6.07, 6.45) is 4.79. The van der Waals surface area contributed by atoms with Crippen LogP contribution >= 0.6 is 0 Å². The Morgan fingerprint density at radius 1 is 0.875 bits per heavy atom. The van der Waals surface area contributed by atoms with E-state index < -0.39 is 103 Å². The molecule has 0 radical (unpaired) electrons. The Balaban J connectivity index is 1.60. The van der Waals surface area contributed by atoms with Crippen LogP contribution < -0.4 is 5.73 Å². The molecule has 3 fully saturated rings. The van der Waals surface area contributed by atoms with Gasteiger partial charge in [-0.15, -0.1) is 0 Å². The van der Waals surface area contributed by atoms with Crippen molar-refractivity contribution in [2.75, 3.05) is 0 Å². The van der Waals surface area contributed by atoms with Crippen molar-refractivity contribution in [3.05, 3.63) is 60.8 Å². The lowest BCUT2D eigenvalue weighted by atomic mass is 9.83. The Kier molecular flexibility index (Phi) is 13.3. The smallest absolute Gasteiger partial charge is 0.330 e. The van der Waals surface area contributed by atoms with Gasteiger partial charge >= 0.3 is 11.9 Å². The van der Waals surface area contributed by atoms with Crippen LogP contribution in [0.3, 0.4) is 0 Å². The van der Waals surface area contributed by atoms with Gasteiger partial charge in [-0.2, -0.15) is 0 Å². The number of fused-ring (bicyclic) bond motifs is 3. The molecule has 0 aromatic carbocycles. The first-order valence-electron chi connectivity index (χ1n) is 16.3. The molecule has 0 saturated carbocycles. The summed E-state index contributed by atoms with van der Waals surface area (Å²) in [5.74, 6) is -5.53. The summed E-state index contributed by atoms with van der Waals surface area (Å²) in [4.78, 5) is 24.6. The van der Waals surface area contributed by atoms with Crippen molar-refractivity contribution in [1.29, 1.82) is 0 Å². The second-order valence-corrected chi connectivity index (χ2v) is 13.0. The van der Waals surface area contributed by atoms with E-state index in [0.717, 1.165) is 0 Å². The molecule has 3 saturated heterocycles. The Labute approximate surface area is 279 Å². The zero-order chi connectivity index (χ0) is 35.2. The number of carbonyl (C=O) groups is 2. The highest BCUT2D eigenvalue weighted by atomic mass is 16.7. The molecule has 8 N–H and O–H groups in total.